The second-order valence-corrected chi connectivity index (χ2v) is 8.69. The Morgan fingerprint density at radius 1 is 0.921 bits per heavy atom. The second-order valence-electron chi connectivity index (χ2n) is 8.69. The van der Waals surface area contributed by atoms with Gasteiger partial charge in [0.05, 0.1) is 26.5 Å². The molecule has 0 radical (unpaired) electrons. The minimum atomic E-state index is -0.469. The van der Waals surface area contributed by atoms with Crippen LogP contribution in [0, 0.1) is 0 Å². The van der Waals surface area contributed by atoms with Gasteiger partial charge in [0.15, 0.2) is 12.3 Å². The zero-order valence-corrected chi connectivity index (χ0v) is 21.0. The van der Waals surface area contributed by atoms with Gasteiger partial charge in [-0.2, -0.15) is 5.10 Å². The zero-order chi connectivity index (χ0) is 26.5. The van der Waals surface area contributed by atoms with Crippen LogP contribution in [0.1, 0.15) is 32.7 Å². The van der Waals surface area contributed by atoms with Gasteiger partial charge in [0.1, 0.15) is 24.4 Å². The first-order chi connectivity index (χ1) is 18.6. The van der Waals surface area contributed by atoms with E-state index in [0.717, 1.165) is 45.7 Å². The van der Waals surface area contributed by atoms with Gasteiger partial charge in [-0.1, -0.05) is 12.1 Å². The summed E-state index contributed by atoms with van der Waals surface area (Å²) in [5.74, 6) is 0.346. The Morgan fingerprint density at radius 2 is 1.74 bits per heavy atom. The van der Waals surface area contributed by atoms with Crippen molar-refractivity contribution >= 4 is 11.9 Å². The van der Waals surface area contributed by atoms with Gasteiger partial charge in [0.2, 0.25) is 0 Å². The van der Waals surface area contributed by atoms with Crippen LogP contribution in [-0.4, -0.2) is 52.5 Å². The Hall–Kier alpha value is -4.73. The number of ether oxygens (including phenoxy) is 4. The fourth-order valence-electron chi connectivity index (χ4n) is 4.45. The molecular formula is C28H26N4O6. The predicted octanol–water partition coefficient (Wildman–Crippen LogP) is 3.40. The minimum absolute atomic E-state index is 0.182. The third-order valence-corrected chi connectivity index (χ3v) is 6.24. The van der Waals surface area contributed by atoms with Crippen molar-refractivity contribution in [3.8, 4) is 22.8 Å². The number of nitrogens with zero attached hydrogens (tertiary/aromatic N) is 4. The standard InChI is InChI=1S/C28H26N4O6/c1-35-25(33)16-38-21-5-3-4-18(10-21)14-32-27-23-9-7-22(37-15-19-12-29-17-30-13-19)11-20(23)6-8-24(27)26(31-32)28(34)36-2/h3-5,7,9-13,17H,6,8,14-16H2,1-2H3. The molecule has 0 saturated heterocycles. The lowest BCUT2D eigenvalue weighted by molar-refractivity contribution is -0.142. The zero-order valence-electron chi connectivity index (χ0n) is 21.0. The molecule has 10 nitrogen and oxygen atoms in total. The number of aromatic nitrogens is 4. The Kier molecular flexibility index (Phi) is 7.30. The summed E-state index contributed by atoms with van der Waals surface area (Å²) in [6.45, 7) is 0.572. The SMILES string of the molecule is COC(=O)COc1cccc(Cn2nc(C(=O)OC)c3c2-c2ccc(OCc4cncnc4)cc2CC3)c1. The molecule has 5 rings (SSSR count). The summed E-state index contributed by atoms with van der Waals surface area (Å²) in [6.07, 6.45) is 6.31. The van der Waals surface area contributed by atoms with Crippen LogP contribution in [0.5, 0.6) is 11.5 Å². The monoisotopic (exact) mass is 514 g/mol. The van der Waals surface area contributed by atoms with Crippen LogP contribution in [0.3, 0.4) is 0 Å². The second kappa shape index (κ2) is 11.1. The molecule has 0 atom stereocenters. The van der Waals surface area contributed by atoms with Crippen LogP contribution in [0.25, 0.3) is 11.3 Å². The molecule has 1 aliphatic carbocycles. The lowest BCUT2D eigenvalue weighted by Crippen LogP contribution is -2.13. The third-order valence-electron chi connectivity index (χ3n) is 6.24. The number of fused-ring (bicyclic) bond motifs is 3. The van der Waals surface area contributed by atoms with Crippen LogP contribution >= 0.6 is 0 Å². The highest BCUT2D eigenvalue weighted by Crippen LogP contribution is 2.38. The van der Waals surface area contributed by atoms with E-state index in [9.17, 15) is 9.59 Å². The molecular weight excluding hydrogens is 488 g/mol. The number of methoxy groups -OCH3 is 2. The molecule has 2 aromatic heterocycles. The number of rotatable bonds is 9. The predicted molar refractivity (Wildman–Crippen MR) is 136 cm³/mol. The maximum atomic E-state index is 12.6. The fraction of sp³-hybridized carbons (Fsp3) is 0.250. The van der Waals surface area contributed by atoms with E-state index < -0.39 is 11.9 Å². The average Bonchev–Trinajstić information content (AvgIpc) is 3.33. The largest absolute Gasteiger partial charge is 0.489 e. The molecule has 0 N–H and O–H groups in total. The van der Waals surface area contributed by atoms with Crippen LogP contribution < -0.4 is 9.47 Å². The minimum Gasteiger partial charge on any atom is -0.489 e. The summed E-state index contributed by atoms with van der Waals surface area (Å²) in [6, 6.07) is 13.3. The van der Waals surface area contributed by atoms with Crippen LogP contribution in [0.2, 0.25) is 0 Å². The Morgan fingerprint density at radius 3 is 2.53 bits per heavy atom. The fourth-order valence-corrected chi connectivity index (χ4v) is 4.45. The number of hydrogen-bond acceptors (Lipinski definition) is 9. The van der Waals surface area contributed by atoms with Crippen LogP contribution in [-0.2, 0) is 40.3 Å². The van der Waals surface area contributed by atoms with Gasteiger partial charge in [-0.3, -0.25) is 4.68 Å². The molecule has 4 aromatic rings. The summed E-state index contributed by atoms with van der Waals surface area (Å²) < 4.78 is 23.0. The topological polar surface area (TPSA) is 115 Å². The first-order valence-electron chi connectivity index (χ1n) is 12.0. The molecule has 0 spiro atoms. The highest BCUT2D eigenvalue weighted by atomic mass is 16.6. The highest BCUT2D eigenvalue weighted by Gasteiger charge is 2.29. The molecule has 0 saturated carbocycles. The van der Waals surface area contributed by atoms with E-state index in [0.29, 0.717) is 31.0 Å². The molecule has 2 heterocycles. The first kappa shape index (κ1) is 24.9. The van der Waals surface area contributed by atoms with Gasteiger partial charge >= 0.3 is 11.9 Å². The number of carbonyl (C=O) groups is 2. The van der Waals surface area contributed by atoms with Crippen molar-refractivity contribution in [2.24, 2.45) is 0 Å². The van der Waals surface area contributed by atoms with Crippen molar-refractivity contribution < 1.29 is 28.5 Å². The van der Waals surface area contributed by atoms with Gasteiger partial charge in [-0.05, 0) is 54.3 Å². The number of hydrogen-bond donors (Lipinski definition) is 0. The highest BCUT2D eigenvalue weighted by molar-refractivity contribution is 5.92. The molecule has 0 bridgehead atoms. The van der Waals surface area contributed by atoms with Crippen molar-refractivity contribution in [3.05, 3.63) is 89.1 Å². The van der Waals surface area contributed by atoms with Crippen LogP contribution in [0.15, 0.2) is 61.2 Å². The smallest absolute Gasteiger partial charge is 0.358 e. The lowest BCUT2D eigenvalue weighted by Gasteiger charge is -2.20. The molecule has 0 aliphatic heterocycles. The number of carbonyl (C=O) groups excluding carboxylic acids is 2. The quantitative estimate of drug-likeness (QED) is 0.310. The maximum Gasteiger partial charge on any atom is 0.358 e. The molecule has 0 fully saturated rings. The number of esters is 2. The first-order valence-corrected chi connectivity index (χ1v) is 12.0. The Bertz CT molecular complexity index is 1470. The molecule has 10 heteroatoms. The summed E-state index contributed by atoms with van der Waals surface area (Å²) in [5.41, 5.74) is 5.91. The maximum absolute atomic E-state index is 12.6. The van der Waals surface area contributed by atoms with Crippen molar-refractivity contribution in [2.75, 3.05) is 20.8 Å². The van der Waals surface area contributed by atoms with E-state index >= 15 is 0 Å². The van der Waals surface area contributed by atoms with E-state index in [-0.39, 0.29) is 6.61 Å². The number of aryl methyl sites for hydroxylation is 1. The van der Waals surface area contributed by atoms with E-state index in [1.54, 1.807) is 18.5 Å². The summed E-state index contributed by atoms with van der Waals surface area (Å²) in [5, 5.41) is 4.65. The van der Waals surface area contributed by atoms with Crippen LogP contribution in [0.4, 0.5) is 0 Å². The van der Waals surface area contributed by atoms with Crippen molar-refractivity contribution in [1.82, 2.24) is 19.7 Å². The van der Waals surface area contributed by atoms with Crippen molar-refractivity contribution in [1.29, 1.82) is 0 Å². The van der Waals surface area contributed by atoms with Gasteiger partial charge < -0.3 is 18.9 Å². The molecule has 194 valence electrons. The third kappa shape index (κ3) is 5.34. The Balaban J connectivity index is 1.44. The Labute approximate surface area is 219 Å². The van der Waals surface area contributed by atoms with E-state index in [1.165, 1.54) is 20.5 Å². The van der Waals surface area contributed by atoms with Gasteiger partial charge in [-0.25, -0.2) is 19.6 Å². The molecule has 0 unspecified atom stereocenters. The van der Waals surface area contributed by atoms with Gasteiger partial charge in [-0.15, -0.1) is 0 Å². The van der Waals surface area contributed by atoms with Gasteiger partial charge in [0.25, 0.3) is 0 Å². The summed E-state index contributed by atoms with van der Waals surface area (Å²) in [4.78, 5) is 32.1. The summed E-state index contributed by atoms with van der Waals surface area (Å²) >= 11 is 0. The molecule has 38 heavy (non-hydrogen) atoms. The summed E-state index contributed by atoms with van der Waals surface area (Å²) in [7, 11) is 2.67. The molecule has 0 amide bonds. The van der Waals surface area contributed by atoms with E-state index in [2.05, 4.69) is 19.8 Å². The number of benzene rings is 2. The van der Waals surface area contributed by atoms with Crippen molar-refractivity contribution in [3.63, 3.8) is 0 Å². The molecule has 2 aromatic carbocycles. The average molecular weight is 515 g/mol. The van der Waals surface area contributed by atoms with E-state index in [4.69, 9.17) is 14.2 Å². The molecule has 1 aliphatic rings. The lowest BCUT2D eigenvalue weighted by atomic mass is 9.88. The van der Waals surface area contributed by atoms with E-state index in [1.807, 2.05) is 41.1 Å². The normalized spacial score (nSPS) is 11.7. The van der Waals surface area contributed by atoms with Gasteiger partial charge in [0, 0.05) is 29.1 Å². The van der Waals surface area contributed by atoms with Crippen molar-refractivity contribution in [2.45, 2.75) is 26.0 Å².